The zero-order chi connectivity index (χ0) is 18.5. The van der Waals surface area contributed by atoms with Gasteiger partial charge < -0.3 is 9.67 Å². The lowest BCUT2D eigenvalue weighted by atomic mass is 10.0. The number of carboxylic acid groups (broad SMARTS) is 1. The fourth-order valence-corrected chi connectivity index (χ4v) is 3.33. The van der Waals surface area contributed by atoms with Gasteiger partial charge in [0.15, 0.2) is 5.78 Å². The summed E-state index contributed by atoms with van der Waals surface area (Å²) in [5.74, 6) is -0.776. The van der Waals surface area contributed by atoms with Gasteiger partial charge in [-0.2, -0.15) is 0 Å². The van der Waals surface area contributed by atoms with E-state index in [-0.39, 0.29) is 11.5 Å². The molecule has 26 heavy (non-hydrogen) atoms. The van der Waals surface area contributed by atoms with Crippen LogP contribution in [0.15, 0.2) is 71.9 Å². The Kier molecular flexibility index (Phi) is 5.58. The molecule has 132 valence electrons. The molecule has 0 radical (unpaired) electrons. The highest BCUT2D eigenvalue weighted by Crippen LogP contribution is 2.20. The molecule has 0 bridgehead atoms. The predicted molar refractivity (Wildman–Crippen MR) is 103 cm³/mol. The summed E-state index contributed by atoms with van der Waals surface area (Å²) >= 11 is 1.30. The van der Waals surface area contributed by atoms with Gasteiger partial charge in [-0.15, -0.1) is 11.8 Å². The second-order valence-electron chi connectivity index (χ2n) is 6.10. The van der Waals surface area contributed by atoms with Crippen molar-refractivity contribution in [1.29, 1.82) is 0 Å². The van der Waals surface area contributed by atoms with Crippen LogP contribution in [0.2, 0.25) is 0 Å². The lowest BCUT2D eigenvalue weighted by Gasteiger charge is -2.06. The molecular weight excluding hydrogens is 346 g/mol. The van der Waals surface area contributed by atoms with Gasteiger partial charge >= 0.3 is 5.97 Å². The van der Waals surface area contributed by atoms with E-state index in [0.717, 1.165) is 16.0 Å². The lowest BCUT2D eigenvalue weighted by Crippen LogP contribution is -2.01. The summed E-state index contributed by atoms with van der Waals surface area (Å²) < 4.78 is 1.96. The topological polar surface area (TPSA) is 59.3 Å². The minimum Gasteiger partial charge on any atom is -0.481 e. The van der Waals surface area contributed by atoms with Gasteiger partial charge in [0, 0.05) is 35.0 Å². The van der Waals surface area contributed by atoms with Crippen molar-refractivity contribution in [2.24, 2.45) is 0 Å². The van der Waals surface area contributed by atoms with Crippen molar-refractivity contribution < 1.29 is 14.7 Å². The molecule has 0 atom stereocenters. The van der Waals surface area contributed by atoms with Gasteiger partial charge in [-0.1, -0.05) is 42.0 Å². The second-order valence-corrected chi connectivity index (χ2v) is 7.15. The number of benzene rings is 2. The van der Waals surface area contributed by atoms with Gasteiger partial charge in [0.25, 0.3) is 0 Å². The van der Waals surface area contributed by atoms with E-state index in [9.17, 15) is 9.59 Å². The number of hydrogen-bond acceptors (Lipinski definition) is 3. The molecule has 1 heterocycles. The zero-order valence-corrected chi connectivity index (χ0v) is 15.2. The molecule has 1 aromatic heterocycles. The van der Waals surface area contributed by atoms with E-state index in [1.807, 2.05) is 78.5 Å². The van der Waals surface area contributed by atoms with E-state index in [4.69, 9.17) is 5.11 Å². The molecule has 0 aliphatic carbocycles. The van der Waals surface area contributed by atoms with Crippen LogP contribution in [-0.2, 0) is 11.3 Å². The molecule has 3 rings (SSSR count). The Morgan fingerprint density at radius 3 is 2.54 bits per heavy atom. The van der Waals surface area contributed by atoms with Crippen LogP contribution < -0.4 is 0 Å². The molecule has 2 aromatic carbocycles. The number of nitrogens with zero attached hydrogens (tertiary/aromatic N) is 1. The Balaban J connectivity index is 1.70. The maximum atomic E-state index is 12.6. The molecule has 0 amide bonds. The average molecular weight is 365 g/mol. The Morgan fingerprint density at radius 1 is 1.04 bits per heavy atom. The van der Waals surface area contributed by atoms with Gasteiger partial charge in [0.05, 0.1) is 5.75 Å². The highest BCUT2D eigenvalue weighted by atomic mass is 32.2. The summed E-state index contributed by atoms with van der Waals surface area (Å²) in [6, 6.07) is 17.2. The second kappa shape index (κ2) is 8.06. The smallest absolute Gasteiger partial charge is 0.313 e. The van der Waals surface area contributed by atoms with Gasteiger partial charge in [-0.3, -0.25) is 9.59 Å². The zero-order valence-electron chi connectivity index (χ0n) is 14.4. The van der Waals surface area contributed by atoms with Gasteiger partial charge in [0.1, 0.15) is 0 Å². The summed E-state index contributed by atoms with van der Waals surface area (Å²) in [4.78, 5) is 24.2. The molecule has 4 nitrogen and oxygen atoms in total. The maximum absolute atomic E-state index is 12.6. The highest BCUT2D eigenvalue weighted by molar-refractivity contribution is 8.00. The fourth-order valence-electron chi connectivity index (χ4n) is 2.63. The number of hydrogen-bond donors (Lipinski definition) is 1. The molecule has 0 unspecified atom stereocenters. The maximum Gasteiger partial charge on any atom is 0.313 e. The van der Waals surface area contributed by atoms with Crippen molar-refractivity contribution in [3.8, 4) is 0 Å². The number of ketones is 1. The number of thioether (sulfide) groups is 1. The van der Waals surface area contributed by atoms with Crippen LogP contribution in [-0.4, -0.2) is 27.2 Å². The van der Waals surface area contributed by atoms with Gasteiger partial charge in [-0.25, -0.2) is 0 Å². The fraction of sp³-hybridized carbons (Fsp3) is 0.143. The third-order valence-corrected chi connectivity index (χ3v) is 4.93. The Hall–Kier alpha value is -2.79. The van der Waals surface area contributed by atoms with Crippen molar-refractivity contribution in [3.63, 3.8) is 0 Å². The quantitative estimate of drug-likeness (QED) is 0.502. The van der Waals surface area contributed by atoms with Gasteiger partial charge in [-0.05, 0) is 30.7 Å². The molecule has 0 aliphatic heterocycles. The first-order chi connectivity index (χ1) is 12.5. The standard InChI is InChI=1S/C21H19NO3S/c1-15-5-7-17(8-6-15)21(25)18-9-10-22(13-18)12-16-3-2-4-19(11-16)26-14-20(23)24/h2-11,13H,12,14H2,1H3,(H,23,24). The lowest BCUT2D eigenvalue weighted by molar-refractivity contribution is -0.133. The summed E-state index contributed by atoms with van der Waals surface area (Å²) in [6.45, 7) is 2.62. The van der Waals surface area contributed by atoms with E-state index >= 15 is 0 Å². The molecule has 0 aliphatic rings. The monoisotopic (exact) mass is 365 g/mol. The Bertz CT molecular complexity index is 928. The number of rotatable bonds is 7. The summed E-state index contributed by atoms with van der Waals surface area (Å²) in [5, 5.41) is 8.79. The molecule has 1 N–H and O–H groups in total. The van der Waals surface area contributed by atoms with Crippen LogP contribution in [0.1, 0.15) is 27.0 Å². The van der Waals surface area contributed by atoms with Crippen molar-refractivity contribution in [2.75, 3.05) is 5.75 Å². The van der Waals surface area contributed by atoms with Crippen LogP contribution in [0, 0.1) is 6.92 Å². The van der Waals surface area contributed by atoms with E-state index in [2.05, 4.69) is 0 Å². The van der Waals surface area contributed by atoms with E-state index < -0.39 is 5.97 Å². The van der Waals surface area contributed by atoms with Crippen LogP contribution in [0.3, 0.4) is 0 Å². The minimum absolute atomic E-state index is 0.00881. The van der Waals surface area contributed by atoms with E-state index in [1.165, 1.54) is 11.8 Å². The van der Waals surface area contributed by atoms with E-state index in [0.29, 0.717) is 17.7 Å². The van der Waals surface area contributed by atoms with Crippen molar-refractivity contribution in [1.82, 2.24) is 4.57 Å². The first-order valence-electron chi connectivity index (χ1n) is 8.22. The van der Waals surface area contributed by atoms with E-state index in [1.54, 1.807) is 0 Å². The normalized spacial score (nSPS) is 10.7. The third-order valence-electron chi connectivity index (χ3n) is 3.95. The van der Waals surface area contributed by atoms with Crippen LogP contribution in [0.25, 0.3) is 0 Å². The highest BCUT2D eigenvalue weighted by Gasteiger charge is 2.10. The number of aromatic nitrogens is 1. The Labute approximate surface area is 156 Å². The van der Waals surface area contributed by atoms with Crippen LogP contribution in [0.4, 0.5) is 0 Å². The molecule has 5 heteroatoms. The number of carbonyl (C=O) groups is 2. The first kappa shape index (κ1) is 18.0. The molecule has 0 saturated heterocycles. The molecule has 0 fully saturated rings. The molecule has 0 saturated carbocycles. The van der Waals surface area contributed by atoms with Crippen molar-refractivity contribution >= 4 is 23.5 Å². The number of carbonyl (C=O) groups excluding carboxylic acids is 1. The summed E-state index contributed by atoms with van der Waals surface area (Å²) in [7, 11) is 0. The van der Waals surface area contributed by atoms with Crippen LogP contribution >= 0.6 is 11.8 Å². The predicted octanol–water partition coefficient (Wildman–Crippen LogP) is 4.25. The third kappa shape index (κ3) is 4.64. The summed E-state index contributed by atoms with van der Waals surface area (Å²) in [5.41, 5.74) is 3.52. The molecular formula is C21H19NO3S. The SMILES string of the molecule is Cc1ccc(C(=O)c2ccn(Cc3cccc(SCC(=O)O)c3)c2)cc1. The largest absolute Gasteiger partial charge is 0.481 e. The average Bonchev–Trinajstić information content (AvgIpc) is 3.09. The van der Waals surface area contributed by atoms with Crippen LogP contribution in [0.5, 0.6) is 0 Å². The Morgan fingerprint density at radius 2 is 1.81 bits per heavy atom. The first-order valence-corrected chi connectivity index (χ1v) is 9.20. The number of aryl methyl sites for hydroxylation is 1. The van der Waals surface area contributed by atoms with Gasteiger partial charge in [0.2, 0.25) is 0 Å². The number of carboxylic acids is 1. The molecule has 0 spiro atoms. The summed E-state index contributed by atoms with van der Waals surface area (Å²) in [6.07, 6.45) is 3.73. The van der Waals surface area contributed by atoms with Crippen molar-refractivity contribution in [2.45, 2.75) is 18.4 Å². The minimum atomic E-state index is -0.829. The number of aliphatic carboxylic acids is 1. The van der Waals surface area contributed by atoms with Crippen molar-refractivity contribution in [3.05, 3.63) is 89.2 Å². The molecule has 3 aromatic rings.